The lowest BCUT2D eigenvalue weighted by atomic mass is 10.1. The van der Waals surface area contributed by atoms with E-state index in [0.29, 0.717) is 0 Å². The lowest BCUT2D eigenvalue weighted by molar-refractivity contribution is -0.155. The van der Waals surface area contributed by atoms with Gasteiger partial charge in [-0.25, -0.2) is 4.98 Å². The molecule has 0 unspecified atom stereocenters. The molecule has 17 heavy (non-hydrogen) atoms. The molecule has 1 rings (SSSR count). The van der Waals surface area contributed by atoms with Gasteiger partial charge in [-0.15, -0.1) is 0 Å². The molecule has 0 amide bonds. The topological polar surface area (TPSA) is 75.9 Å². The van der Waals surface area contributed by atoms with Crippen molar-refractivity contribution in [2.75, 3.05) is 0 Å². The van der Waals surface area contributed by atoms with E-state index in [-0.39, 0.29) is 10.8 Å². The van der Waals surface area contributed by atoms with E-state index in [1.807, 2.05) is 6.07 Å². The third-order valence-corrected chi connectivity index (χ3v) is 2.02. The average Bonchev–Trinajstić information content (AvgIpc) is 2.19. The second-order valence-electron chi connectivity index (χ2n) is 4.33. The third kappa shape index (κ3) is 3.68. The number of hydrogen-bond acceptors (Lipinski definition) is 5. The Balaban J connectivity index is 2.98. The zero-order valence-electron chi connectivity index (χ0n) is 9.77. The summed E-state index contributed by atoms with van der Waals surface area (Å²) in [5.74, 6) is -1.84. The second-order valence-corrected chi connectivity index (χ2v) is 4.69. The minimum Gasteiger partial charge on any atom is -0.459 e. The Kier molecular flexibility index (Phi) is 4.02. The first-order valence-electron chi connectivity index (χ1n) is 4.94. The quantitative estimate of drug-likeness (QED) is 0.754. The molecule has 0 aliphatic rings. The van der Waals surface area contributed by atoms with Crippen LogP contribution in [0.2, 0.25) is 5.15 Å². The fraction of sp³-hybridized carbons (Fsp3) is 0.455. The van der Waals surface area contributed by atoms with Gasteiger partial charge in [0.2, 0.25) is 0 Å². The monoisotopic (exact) mass is 253 g/mol. The number of carbonyl (C=O) groups excluding carboxylic acids is 1. The molecule has 0 spiro atoms. The van der Waals surface area contributed by atoms with E-state index in [2.05, 4.69) is 9.97 Å². The summed E-state index contributed by atoms with van der Waals surface area (Å²) in [7, 11) is 0. The van der Waals surface area contributed by atoms with Crippen molar-refractivity contribution in [2.45, 2.75) is 32.3 Å². The summed E-state index contributed by atoms with van der Waals surface area (Å²) >= 11 is 5.78. The zero-order valence-corrected chi connectivity index (χ0v) is 10.5. The molecule has 0 fully saturated rings. The van der Waals surface area contributed by atoms with Gasteiger partial charge in [0.15, 0.2) is 11.1 Å². The summed E-state index contributed by atoms with van der Waals surface area (Å²) in [5, 5.41) is 9.03. The second kappa shape index (κ2) is 5.11. The van der Waals surface area contributed by atoms with E-state index in [9.17, 15) is 4.79 Å². The number of nitrogens with zero attached hydrogens (tertiary/aromatic N) is 3. The summed E-state index contributed by atoms with van der Waals surface area (Å²) in [4.78, 5) is 19.4. The number of rotatable bonds is 2. The molecule has 1 atom stereocenters. The van der Waals surface area contributed by atoms with Gasteiger partial charge in [0.25, 0.3) is 0 Å². The fourth-order valence-corrected chi connectivity index (χ4v) is 1.33. The average molecular weight is 254 g/mol. The molecule has 0 aromatic carbocycles. The Morgan fingerprint density at radius 2 is 2.06 bits per heavy atom. The predicted octanol–water partition coefficient (Wildman–Crippen LogP) is 2.08. The molecule has 0 aliphatic carbocycles. The van der Waals surface area contributed by atoms with Gasteiger partial charge in [-0.3, -0.25) is 9.78 Å². The summed E-state index contributed by atoms with van der Waals surface area (Å²) in [6.07, 6.45) is 2.76. The van der Waals surface area contributed by atoms with E-state index in [4.69, 9.17) is 21.6 Å². The maximum atomic E-state index is 11.8. The highest BCUT2D eigenvalue weighted by atomic mass is 35.5. The predicted molar refractivity (Wildman–Crippen MR) is 61.2 cm³/mol. The van der Waals surface area contributed by atoms with E-state index in [1.54, 1.807) is 20.8 Å². The Morgan fingerprint density at radius 3 is 2.53 bits per heavy atom. The van der Waals surface area contributed by atoms with Crippen LogP contribution in [0.15, 0.2) is 12.4 Å². The molecule has 1 aromatic rings. The first-order chi connectivity index (χ1) is 7.85. The Hall–Kier alpha value is -1.67. The van der Waals surface area contributed by atoms with Gasteiger partial charge >= 0.3 is 5.97 Å². The van der Waals surface area contributed by atoms with Crippen molar-refractivity contribution >= 4 is 17.6 Å². The van der Waals surface area contributed by atoms with Crippen LogP contribution in [-0.2, 0) is 9.53 Å². The van der Waals surface area contributed by atoms with Gasteiger partial charge in [0, 0.05) is 12.4 Å². The number of ether oxygens (including phenoxy) is 1. The van der Waals surface area contributed by atoms with Crippen LogP contribution >= 0.6 is 11.6 Å². The minimum atomic E-state index is -1.16. The van der Waals surface area contributed by atoms with Gasteiger partial charge in [-0.1, -0.05) is 11.6 Å². The zero-order chi connectivity index (χ0) is 13.1. The smallest absolute Gasteiger partial charge is 0.330 e. The van der Waals surface area contributed by atoms with Crippen LogP contribution in [0.1, 0.15) is 32.4 Å². The van der Waals surface area contributed by atoms with E-state index < -0.39 is 17.5 Å². The van der Waals surface area contributed by atoms with Gasteiger partial charge < -0.3 is 4.74 Å². The number of aromatic nitrogens is 2. The summed E-state index contributed by atoms with van der Waals surface area (Å²) < 4.78 is 5.11. The Labute approximate surface area is 104 Å². The van der Waals surface area contributed by atoms with Crippen LogP contribution in [-0.4, -0.2) is 21.5 Å². The molecule has 0 radical (unpaired) electrons. The Morgan fingerprint density at radius 1 is 1.47 bits per heavy atom. The van der Waals surface area contributed by atoms with Crippen molar-refractivity contribution in [3.8, 4) is 6.07 Å². The van der Waals surface area contributed by atoms with Crippen LogP contribution in [0.4, 0.5) is 0 Å². The van der Waals surface area contributed by atoms with E-state index in [0.717, 1.165) is 0 Å². The highest BCUT2D eigenvalue weighted by Crippen LogP contribution is 2.22. The lowest BCUT2D eigenvalue weighted by Crippen LogP contribution is -2.27. The van der Waals surface area contributed by atoms with Crippen LogP contribution in [0.5, 0.6) is 0 Å². The molecule has 0 saturated heterocycles. The van der Waals surface area contributed by atoms with E-state index >= 15 is 0 Å². The summed E-state index contributed by atoms with van der Waals surface area (Å²) in [6.45, 7) is 5.16. The molecule has 0 aliphatic heterocycles. The van der Waals surface area contributed by atoms with Crippen LogP contribution in [0.3, 0.4) is 0 Å². The number of halogens is 1. The molecular formula is C11H12ClN3O2. The van der Waals surface area contributed by atoms with Crippen molar-refractivity contribution in [1.82, 2.24) is 9.97 Å². The highest BCUT2D eigenvalue weighted by molar-refractivity contribution is 6.30. The van der Waals surface area contributed by atoms with Crippen molar-refractivity contribution in [1.29, 1.82) is 5.26 Å². The number of hydrogen-bond donors (Lipinski definition) is 0. The van der Waals surface area contributed by atoms with E-state index in [1.165, 1.54) is 12.4 Å². The molecular weight excluding hydrogens is 242 g/mol. The van der Waals surface area contributed by atoms with Gasteiger partial charge in [0.05, 0.1) is 6.07 Å². The fourth-order valence-electron chi connectivity index (χ4n) is 1.11. The SMILES string of the molecule is CC(C)(C)OC(=O)[C@H](C#N)c1nccnc1Cl. The van der Waals surface area contributed by atoms with Gasteiger partial charge in [-0.2, -0.15) is 5.26 Å². The molecule has 0 saturated carbocycles. The molecule has 0 bridgehead atoms. The standard InChI is InChI=1S/C11H12ClN3O2/c1-11(2,3)17-10(16)7(6-13)8-9(12)15-5-4-14-8/h4-5,7H,1-3H3/t7-/m1/s1. The maximum absolute atomic E-state index is 11.8. The first-order valence-corrected chi connectivity index (χ1v) is 5.32. The van der Waals surface area contributed by atoms with Crippen molar-refractivity contribution in [2.24, 2.45) is 0 Å². The molecule has 0 N–H and O–H groups in total. The molecule has 1 aromatic heterocycles. The summed E-state index contributed by atoms with van der Waals surface area (Å²) in [6, 6.07) is 1.82. The van der Waals surface area contributed by atoms with Crippen molar-refractivity contribution in [3.05, 3.63) is 23.2 Å². The third-order valence-electron chi connectivity index (χ3n) is 1.72. The number of nitriles is 1. The first kappa shape index (κ1) is 13.4. The normalized spacial score (nSPS) is 12.6. The lowest BCUT2D eigenvalue weighted by Gasteiger charge is -2.21. The van der Waals surface area contributed by atoms with Gasteiger partial charge in [0.1, 0.15) is 11.3 Å². The van der Waals surface area contributed by atoms with Crippen molar-refractivity contribution < 1.29 is 9.53 Å². The largest absolute Gasteiger partial charge is 0.459 e. The molecule has 5 nitrogen and oxygen atoms in total. The molecule has 1 heterocycles. The van der Waals surface area contributed by atoms with Crippen LogP contribution in [0.25, 0.3) is 0 Å². The van der Waals surface area contributed by atoms with Crippen LogP contribution < -0.4 is 0 Å². The number of carbonyl (C=O) groups is 1. The van der Waals surface area contributed by atoms with Gasteiger partial charge in [-0.05, 0) is 20.8 Å². The maximum Gasteiger partial charge on any atom is 0.330 e. The van der Waals surface area contributed by atoms with Crippen molar-refractivity contribution in [3.63, 3.8) is 0 Å². The number of esters is 1. The summed E-state index contributed by atoms with van der Waals surface area (Å²) in [5.41, 5.74) is -0.549. The minimum absolute atomic E-state index is 0.0323. The van der Waals surface area contributed by atoms with Crippen LogP contribution in [0, 0.1) is 11.3 Å². The molecule has 90 valence electrons. The Bertz CT molecular complexity index is 463. The highest BCUT2D eigenvalue weighted by Gasteiger charge is 2.29. The molecule has 6 heteroatoms.